The number of hydrogen-bond acceptors (Lipinski definition) is 3. The molecule has 1 amide bonds. The van der Waals surface area contributed by atoms with E-state index in [1.54, 1.807) is 12.1 Å². The van der Waals surface area contributed by atoms with Crippen molar-refractivity contribution in [2.24, 2.45) is 11.8 Å². The maximum absolute atomic E-state index is 12.6. The minimum Gasteiger partial charge on any atom is -0.335 e. The Hall–Kier alpha value is -1.59. The third kappa shape index (κ3) is 2.21. The van der Waals surface area contributed by atoms with E-state index < -0.39 is 0 Å². The van der Waals surface area contributed by atoms with E-state index in [4.69, 9.17) is 11.6 Å². The van der Waals surface area contributed by atoms with Gasteiger partial charge in [0.15, 0.2) is 5.82 Å². The molecule has 0 spiro atoms. The number of carbonyl (C=O) groups excluding carboxylic acids is 1. The first-order valence-corrected chi connectivity index (χ1v) is 7.61. The number of hydrogen-bond donors (Lipinski definition) is 1. The summed E-state index contributed by atoms with van der Waals surface area (Å²) >= 11 is 5.97. The van der Waals surface area contributed by atoms with Crippen LogP contribution in [0.2, 0.25) is 5.02 Å². The van der Waals surface area contributed by atoms with Gasteiger partial charge in [-0.2, -0.15) is 0 Å². The van der Waals surface area contributed by atoms with Crippen LogP contribution in [0.5, 0.6) is 0 Å². The highest BCUT2D eigenvalue weighted by Crippen LogP contribution is 2.31. The maximum Gasteiger partial charge on any atom is 0.289 e. The molecule has 0 unspecified atom stereocenters. The molecule has 0 aliphatic carbocycles. The number of aromatic amines is 1. The molecule has 1 N–H and O–H groups in total. The molecule has 2 aliphatic rings. The van der Waals surface area contributed by atoms with Crippen molar-refractivity contribution in [3.63, 3.8) is 0 Å². The molecule has 2 atom stereocenters. The lowest BCUT2D eigenvalue weighted by Crippen LogP contribution is -2.32. The van der Waals surface area contributed by atoms with Crippen molar-refractivity contribution in [2.75, 3.05) is 33.2 Å². The van der Waals surface area contributed by atoms with Gasteiger partial charge in [-0.05, 0) is 37.1 Å². The normalized spacial score (nSPS) is 25.7. The van der Waals surface area contributed by atoms with E-state index in [1.807, 2.05) is 11.0 Å². The smallest absolute Gasteiger partial charge is 0.289 e. The first kappa shape index (κ1) is 13.1. The predicted octanol–water partition coefficient (Wildman–Crippen LogP) is 1.85. The molecule has 5 nitrogen and oxygen atoms in total. The predicted molar refractivity (Wildman–Crippen MR) is 81.5 cm³/mol. The SMILES string of the molecule is CN1C[C@@H]2CN(C(=O)c3nc4ccc(Cl)cc4[nH]3)C[C@@H]2C1. The van der Waals surface area contributed by atoms with Crippen LogP contribution in [-0.4, -0.2) is 58.9 Å². The molecule has 0 saturated carbocycles. The van der Waals surface area contributed by atoms with Crippen LogP contribution in [0.3, 0.4) is 0 Å². The summed E-state index contributed by atoms with van der Waals surface area (Å²) in [5.74, 6) is 1.63. The van der Waals surface area contributed by atoms with Gasteiger partial charge in [0.2, 0.25) is 0 Å². The fourth-order valence-electron chi connectivity index (χ4n) is 3.63. The molecule has 2 saturated heterocycles. The first-order valence-electron chi connectivity index (χ1n) is 7.23. The summed E-state index contributed by atoms with van der Waals surface area (Å²) < 4.78 is 0. The van der Waals surface area contributed by atoms with E-state index >= 15 is 0 Å². The van der Waals surface area contributed by atoms with Gasteiger partial charge in [0, 0.05) is 31.2 Å². The second-order valence-electron chi connectivity index (χ2n) is 6.20. The van der Waals surface area contributed by atoms with Gasteiger partial charge < -0.3 is 14.8 Å². The van der Waals surface area contributed by atoms with Gasteiger partial charge >= 0.3 is 0 Å². The Bertz CT molecular complexity index is 699. The van der Waals surface area contributed by atoms with Gasteiger partial charge in [-0.1, -0.05) is 11.6 Å². The van der Waals surface area contributed by atoms with E-state index in [1.165, 1.54) is 0 Å². The highest BCUT2D eigenvalue weighted by molar-refractivity contribution is 6.31. The average molecular weight is 305 g/mol. The second-order valence-corrected chi connectivity index (χ2v) is 6.63. The number of aromatic nitrogens is 2. The number of halogens is 1. The lowest BCUT2D eigenvalue weighted by molar-refractivity contribution is 0.0765. The molecule has 3 heterocycles. The van der Waals surface area contributed by atoms with Crippen LogP contribution in [0.4, 0.5) is 0 Å². The van der Waals surface area contributed by atoms with Crippen molar-refractivity contribution >= 4 is 28.5 Å². The Morgan fingerprint density at radius 2 is 2.00 bits per heavy atom. The van der Waals surface area contributed by atoms with Crippen LogP contribution in [0, 0.1) is 11.8 Å². The van der Waals surface area contributed by atoms with Crippen molar-refractivity contribution in [1.29, 1.82) is 0 Å². The molecule has 1 aromatic carbocycles. The summed E-state index contributed by atoms with van der Waals surface area (Å²) in [6.07, 6.45) is 0. The number of likely N-dealkylation sites (tertiary alicyclic amines) is 2. The van der Waals surface area contributed by atoms with Gasteiger partial charge in [-0.15, -0.1) is 0 Å². The molecule has 4 rings (SSSR count). The van der Waals surface area contributed by atoms with Crippen LogP contribution >= 0.6 is 11.6 Å². The summed E-state index contributed by atoms with van der Waals surface area (Å²) in [5, 5.41) is 0.642. The summed E-state index contributed by atoms with van der Waals surface area (Å²) in [5.41, 5.74) is 1.59. The molecule has 2 aromatic rings. The van der Waals surface area contributed by atoms with Crippen LogP contribution in [0.25, 0.3) is 11.0 Å². The summed E-state index contributed by atoms with van der Waals surface area (Å²) in [7, 11) is 2.15. The van der Waals surface area contributed by atoms with Crippen LogP contribution in [-0.2, 0) is 0 Å². The topological polar surface area (TPSA) is 52.2 Å². The van der Waals surface area contributed by atoms with Crippen molar-refractivity contribution in [2.45, 2.75) is 0 Å². The van der Waals surface area contributed by atoms with E-state index in [-0.39, 0.29) is 5.91 Å². The van der Waals surface area contributed by atoms with Gasteiger partial charge in [0.05, 0.1) is 11.0 Å². The van der Waals surface area contributed by atoms with Crippen molar-refractivity contribution in [1.82, 2.24) is 19.8 Å². The molecule has 2 aliphatic heterocycles. The molecule has 2 fully saturated rings. The van der Waals surface area contributed by atoms with Gasteiger partial charge in [0.1, 0.15) is 0 Å². The number of imidazole rings is 1. The molecular formula is C15H17ClN4O. The zero-order chi connectivity index (χ0) is 14.6. The number of benzene rings is 1. The third-order valence-electron chi connectivity index (χ3n) is 4.60. The standard InChI is InChI=1S/C15H17ClN4O/c1-19-5-9-7-20(8-10(9)6-19)15(21)14-17-12-3-2-11(16)4-13(12)18-14/h2-4,9-10H,5-8H2,1H3,(H,17,18)/t9-,10+. The molecule has 6 heteroatoms. The van der Waals surface area contributed by atoms with E-state index in [9.17, 15) is 4.79 Å². The van der Waals surface area contributed by atoms with Gasteiger partial charge in [-0.3, -0.25) is 4.79 Å². The number of nitrogens with zero attached hydrogens (tertiary/aromatic N) is 3. The Morgan fingerprint density at radius 1 is 1.29 bits per heavy atom. The minimum atomic E-state index is -0.000578. The number of carbonyl (C=O) groups is 1. The van der Waals surface area contributed by atoms with Crippen molar-refractivity contribution in [3.05, 3.63) is 29.0 Å². The maximum atomic E-state index is 12.6. The Balaban J connectivity index is 1.57. The fourth-order valence-corrected chi connectivity index (χ4v) is 3.80. The van der Waals surface area contributed by atoms with Crippen LogP contribution in [0.15, 0.2) is 18.2 Å². The summed E-state index contributed by atoms with van der Waals surface area (Å²) in [4.78, 5) is 24.4. The number of nitrogens with one attached hydrogen (secondary N) is 1. The third-order valence-corrected chi connectivity index (χ3v) is 4.84. The zero-order valence-electron chi connectivity index (χ0n) is 11.8. The molecular weight excluding hydrogens is 288 g/mol. The number of amides is 1. The quantitative estimate of drug-likeness (QED) is 0.875. The molecule has 0 bridgehead atoms. The first-order chi connectivity index (χ1) is 10.1. The van der Waals surface area contributed by atoms with Crippen LogP contribution < -0.4 is 0 Å². The van der Waals surface area contributed by atoms with Crippen molar-refractivity contribution in [3.8, 4) is 0 Å². The average Bonchev–Trinajstić information content (AvgIpc) is 3.08. The lowest BCUT2D eigenvalue weighted by Gasteiger charge is -2.18. The number of fused-ring (bicyclic) bond motifs is 2. The number of H-pyrrole nitrogens is 1. The van der Waals surface area contributed by atoms with Crippen molar-refractivity contribution < 1.29 is 4.79 Å². The van der Waals surface area contributed by atoms with E-state index in [0.29, 0.717) is 22.7 Å². The largest absolute Gasteiger partial charge is 0.335 e. The number of rotatable bonds is 1. The monoisotopic (exact) mass is 304 g/mol. The Labute approximate surface area is 127 Å². The highest BCUT2D eigenvalue weighted by atomic mass is 35.5. The van der Waals surface area contributed by atoms with E-state index in [0.717, 1.165) is 37.2 Å². The van der Waals surface area contributed by atoms with Crippen LogP contribution in [0.1, 0.15) is 10.6 Å². The van der Waals surface area contributed by atoms with Gasteiger partial charge in [-0.25, -0.2) is 4.98 Å². The molecule has 110 valence electrons. The molecule has 1 aromatic heterocycles. The van der Waals surface area contributed by atoms with Gasteiger partial charge in [0.25, 0.3) is 5.91 Å². The Kier molecular flexibility index (Phi) is 2.94. The summed E-state index contributed by atoms with van der Waals surface area (Å²) in [6.45, 7) is 3.85. The Morgan fingerprint density at radius 3 is 2.71 bits per heavy atom. The fraction of sp³-hybridized carbons (Fsp3) is 0.467. The summed E-state index contributed by atoms with van der Waals surface area (Å²) in [6, 6.07) is 5.42. The minimum absolute atomic E-state index is 0.000578. The van der Waals surface area contributed by atoms with E-state index in [2.05, 4.69) is 21.9 Å². The highest BCUT2D eigenvalue weighted by Gasteiger charge is 2.41. The molecule has 0 radical (unpaired) electrons. The lowest BCUT2D eigenvalue weighted by atomic mass is 10.0. The zero-order valence-corrected chi connectivity index (χ0v) is 12.6. The second kappa shape index (κ2) is 4.71. The molecule has 21 heavy (non-hydrogen) atoms.